The lowest BCUT2D eigenvalue weighted by atomic mass is 10.1. The molecule has 3 aromatic rings. The molecule has 7 N–H and O–H groups in total. The van der Waals surface area contributed by atoms with Crippen LogP contribution in [-0.4, -0.2) is 73.1 Å². The minimum atomic E-state index is -1.44. The molecule has 0 spiro atoms. The van der Waals surface area contributed by atoms with E-state index in [-0.39, 0.29) is 23.1 Å². The number of fused-ring (bicyclic) bond motifs is 1. The van der Waals surface area contributed by atoms with Gasteiger partial charge in [-0.25, -0.2) is 10.4 Å². The van der Waals surface area contributed by atoms with Crippen molar-refractivity contribution in [2.24, 2.45) is 5.10 Å². The molecule has 1 aliphatic rings. The summed E-state index contributed by atoms with van der Waals surface area (Å²) < 4.78 is 12.8. The van der Waals surface area contributed by atoms with Gasteiger partial charge in [-0.1, -0.05) is 0 Å². The molecule has 4 rings (SSSR count). The van der Waals surface area contributed by atoms with Gasteiger partial charge >= 0.3 is 0 Å². The van der Waals surface area contributed by atoms with Crippen LogP contribution in [0.15, 0.2) is 32.6 Å². The maximum absolute atomic E-state index is 12.3. The predicted molar refractivity (Wildman–Crippen MR) is 117 cm³/mol. The van der Waals surface area contributed by atoms with E-state index in [0.717, 1.165) is 10.0 Å². The van der Waals surface area contributed by atoms with E-state index in [1.54, 1.807) is 25.3 Å². The number of benzene rings is 1. The van der Waals surface area contributed by atoms with E-state index in [1.165, 1.54) is 10.8 Å². The highest BCUT2D eigenvalue weighted by Gasteiger charge is 2.45. The number of aliphatic hydroxyl groups is 3. The van der Waals surface area contributed by atoms with E-state index in [0.29, 0.717) is 5.75 Å². The standard InChI is InChI=1S/C18H20BrN7O6/c1-31-9-3-2-7(4-8(9)19)5-21-25-18-22-11-14(23-17(20)24-15(11)30)26(18)16-13(29)12(28)10(6-27)32-16/h2-5,10,12-13,16,27-29H,6H2,1H3,(H,22,25)(H3,20,23,24,30)/b21-5+. The molecule has 32 heavy (non-hydrogen) atoms. The van der Waals surface area contributed by atoms with Crippen LogP contribution in [-0.2, 0) is 4.74 Å². The van der Waals surface area contributed by atoms with Gasteiger partial charge in [-0.3, -0.25) is 14.3 Å². The first-order valence-electron chi connectivity index (χ1n) is 9.36. The van der Waals surface area contributed by atoms with Crippen molar-refractivity contribution in [2.45, 2.75) is 24.5 Å². The molecule has 4 atom stereocenters. The Kier molecular flexibility index (Phi) is 6.12. The third kappa shape index (κ3) is 3.93. The van der Waals surface area contributed by atoms with Crippen LogP contribution >= 0.6 is 15.9 Å². The number of nitrogen functional groups attached to an aromatic ring is 1. The smallest absolute Gasteiger partial charge is 0.280 e. The van der Waals surface area contributed by atoms with Crippen molar-refractivity contribution in [3.63, 3.8) is 0 Å². The molecule has 4 unspecified atom stereocenters. The SMILES string of the molecule is COc1ccc(/C=N/Nc2nc3c(=O)[nH]c(N)nc3n2C2OC(CO)C(O)C2O)cc1Br. The Balaban J connectivity index is 1.73. The topological polar surface area (TPSA) is 193 Å². The summed E-state index contributed by atoms with van der Waals surface area (Å²) in [5.41, 5.74) is 8.40. The van der Waals surface area contributed by atoms with Gasteiger partial charge in [0.2, 0.25) is 11.9 Å². The van der Waals surface area contributed by atoms with Gasteiger partial charge in [-0.15, -0.1) is 0 Å². The summed E-state index contributed by atoms with van der Waals surface area (Å²) in [6.07, 6.45) is -3.56. The Morgan fingerprint density at radius 3 is 2.84 bits per heavy atom. The molecule has 0 radical (unpaired) electrons. The van der Waals surface area contributed by atoms with Crippen molar-refractivity contribution in [3.8, 4) is 5.75 Å². The number of aromatic amines is 1. The number of imidazole rings is 1. The van der Waals surface area contributed by atoms with Crippen LogP contribution in [0, 0.1) is 0 Å². The van der Waals surface area contributed by atoms with Crippen LogP contribution in [0.25, 0.3) is 11.2 Å². The van der Waals surface area contributed by atoms with Crippen molar-refractivity contribution in [1.82, 2.24) is 19.5 Å². The van der Waals surface area contributed by atoms with Gasteiger partial charge in [0.1, 0.15) is 24.1 Å². The average Bonchev–Trinajstić information content (AvgIpc) is 3.25. The quantitative estimate of drug-likeness (QED) is 0.187. The second kappa shape index (κ2) is 8.84. The number of anilines is 2. The number of methoxy groups -OCH3 is 1. The minimum Gasteiger partial charge on any atom is -0.496 e. The number of rotatable bonds is 6. The number of hydrogen-bond acceptors (Lipinski definition) is 11. The second-order valence-electron chi connectivity index (χ2n) is 6.92. The van der Waals surface area contributed by atoms with Gasteiger partial charge in [0, 0.05) is 0 Å². The molecule has 2 aromatic heterocycles. The number of halogens is 1. The number of H-pyrrole nitrogens is 1. The number of aromatic nitrogens is 4. The predicted octanol–water partition coefficient (Wildman–Crippen LogP) is -0.470. The molecule has 13 nitrogen and oxygen atoms in total. The first kappa shape index (κ1) is 22.2. The molecule has 3 heterocycles. The highest BCUT2D eigenvalue weighted by molar-refractivity contribution is 9.10. The number of aliphatic hydroxyl groups excluding tert-OH is 3. The number of ether oxygens (including phenoxy) is 2. The summed E-state index contributed by atoms with van der Waals surface area (Å²) in [5, 5.41) is 34.2. The summed E-state index contributed by atoms with van der Waals surface area (Å²) in [6, 6.07) is 5.31. The highest BCUT2D eigenvalue weighted by atomic mass is 79.9. The van der Waals surface area contributed by atoms with Gasteiger partial charge in [0.15, 0.2) is 17.4 Å². The third-order valence-corrected chi connectivity index (χ3v) is 5.51. The normalized spacial score (nSPS) is 23.3. The van der Waals surface area contributed by atoms with Crippen molar-refractivity contribution < 1.29 is 24.8 Å². The van der Waals surface area contributed by atoms with Gasteiger partial charge in [0.05, 0.1) is 24.4 Å². The van der Waals surface area contributed by atoms with Crippen LogP contribution in [0.3, 0.4) is 0 Å². The van der Waals surface area contributed by atoms with E-state index in [9.17, 15) is 20.1 Å². The van der Waals surface area contributed by atoms with Gasteiger partial charge in [-0.05, 0) is 39.7 Å². The van der Waals surface area contributed by atoms with E-state index in [4.69, 9.17) is 15.2 Å². The first-order chi connectivity index (χ1) is 15.3. The van der Waals surface area contributed by atoms with E-state index in [2.05, 4.69) is 41.4 Å². The van der Waals surface area contributed by atoms with Crippen molar-refractivity contribution in [3.05, 3.63) is 38.6 Å². The lowest BCUT2D eigenvalue weighted by molar-refractivity contribution is -0.0501. The summed E-state index contributed by atoms with van der Waals surface area (Å²) in [7, 11) is 1.56. The summed E-state index contributed by atoms with van der Waals surface area (Å²) in [5.74, 6) is 0.486. The Hall–Kier alpha value is -3.04. The van der Waals surface area contributed by atoms with Crippen LogP contribution in [0.2, 0.25) is 0 Å². The van der Waals surface area contributed by atoms with Crippen LogP contribution in [0.4, 0.5) is 11.9 Å². The minimum absolute atomic E-state index is 0.00210. The number of hydrogen-bond donors (Lipinski definition) is 6. The molecule has 14 heteroatoms. The van der Waals surface area contributed by atoms with Crippen molar-refractivity contribution in [1.29, 1.82) is 0 Å². The molecule has 0 bridgehead atoms. The lowest BCUT2D eigenvalue weighted by Crippen LogP contribution is -2.33. The zero-order valence-corrected chi connectivity index (χ0v) is 18.2. The molecule has 1 aliphatic heterocycles. The fraction of sp³-hybridized carbons (Fsp3) is 0.333. The van der Waals surface area contributed by atoms with Crippen molar-refractivity contribution >= 4 is 45.2 Å². The Labute approximate surface area is 188 Å². The molecule has 1 aromatic carbocycles. The number of nitrogens with zero attached hydrogens (tertiary/aromatic N) is 4. The summed E-state index contributed by atoms with van der Waals surface area (Å²) >= 11 is 3.39. The summed E-state index contributed by atoms with van der Waals surface area (Å²) in [4.78, 5) is 22.9. The Morgan fingerprint density at radius 2 is 2.19 bits per heavy atom. The molecule has 1 fully saturated rings. The fourth-order valence-corrected chi connectivity index (χ4v) is 3.90. The molecule has 0 amide bonds. The lowest BCUT2D eigenvalue weighted by Gasteiger charge is -2.18. The third-order valence-electron chi connectivity index (χ3n) is 4.89. The summed E-state index contributed by atoms with van der Waals surface area (Å²) in [6.45, 7) is -0.523. The van der Waals surface area contributed by atoms with Crippen LogP contribution in [0.5, 0.6) is 5.75 Å². The van der Waals surface area contributed by atoms with E-state index >= 15 is 0 Å². The Morgan fingerprint density at radius 1 is 1.41 bits per heavy atom. The zero-order valence-electron chi connectivity index (χ0n) is 16.6. The Bertz CT molecular complexity index is 1230. The number of hydrazone groups is 1. The molecule has 0 saturated carbocycles. The van der Waals surface area contributed by atoms with Gasteiger partial charge in [-0.2, -0.15) is 10.1 Å². The largest absolute Gasteiger partial charge is 0.496 e. The average molecular weight is 510 g/mol. The first-order valence-corrected chi connectivity index (χ1v) is 10.2. The maximum atomic E-state index is 12.3. The van der Waals surface area contributed by atoms with E-state index < -0.39 is 36.7 Å². The van der Waals surface area contributed by atoms with Gasteiger partial charge in [0.25, 0.3) is 5.56 Å². The number of nitrogens with one attached hydrogen (secondary N) is 2. The second-order valence-corrected chi connectivity index (χ2v) is 7.78. The molecular formula is C18H20BrN7O6. The molecule has 1 saturated heterocycles. The van der Waals surface area contributed by atoms with Gasteiger partial charge < -0.3 is 30.5 Å². The van der Waals surface area contributed by atoms with E-state index in [1.807, 2.05) is 0 Å². The van der Waals surface area contributed by atoms with Crippen LogP contribution in [0.1, 0.15) is 11.8 Å². The highest BCUT2D eigenvalue weighted by Crippen LogP contribution is 2.34. The monoisotopic (exact) mass is 509 g/mol. The van der Waals surface area contributed by atoms with Crippen LogP contribution < -0.4 is 21.5 Å². The molecule has 170 valence electrons. The zero-order chi connectivity index (χ0) is 23.0. The van der Waals surface area contributed by atoms with Crippen molar-refractivity contribution in [2.75, 3.05) is 24.9 Å². The number of nitrogens with two attached hydrogens (primary N) is 1. The molecular weight excluding hydrogens is 490 g/mol. The maximum Gasteiger partial charge on any atom is 0.280 e. The molecule has 0 aliphatic carbocycles. The fourth-order valence-electron chi connectivity index (χ4n) is 3.34.